The van der Waals surface area contributed by atoms with Crippen molar-refractivity contribution < 1.29 is 24.3 Å². The van der Waals surface area contributed by atoms with Crippen LogP contribution in [0.5, 0.6) is 5.75 Å². The van der Waals surface area contributed by atoms with Crippen molar-refractivity contribution >= 4 is 11.8 Å². The minimum atomic E-state index is -0.921. The average molecular weight is 322 g/mol. The number of hydroxylamine groups is 1. The first-order valence-corrected chi connectivity index (χ1v) is 7.36. The number of nitrogens with zero attached hydrogens (tertiary/aromatic N) is 1. The Hall–Kier alpha value is -2.12. The van der Waals surface area contributed by atoms with Crippen LogP contribution >= 0.6 is 0 Å². The van der Waals surface area contributed by atoms with Gasteiger partial charge in [-0.3, -0.25) is 14.8 Å². The maximum Gasteiger partial charge on any atom is 0.274 e. The van der Waals surface area contributed by atoms with Gasteiger partial charge in [0.05, 0.1) is 6.04 Å². The molecule has 1 aromatic carbocycles. The van der Waals surface area contributed by atoms with E-state index in [1.807, 2.05) is 6.92 Å². The van der Waals surface area contributed by atoms with E-state index in [-0.39, 0.29) is 17.5 Å². The van der Waals surface area contributed by atoms with Gasteiger partial charge in [0.15, 0.2) is 0 Å². The molecular formula is C16H22N2O5. The van der Waals surface area contributed by atoms with Crippen molar-refractivity contribution in [2.45, 2.75) is 39.0 Å². The standard InChI is InChI=1S/C16H22N2O5/c1-10-9-23-13-7-11(14(19)17-21)5-6-12(13)8-18(10)15(20)16(2,3)22-4/h5-7,10,21H,8-9H2,1-4H3,(H,17,19)/t10-/m0/s1. The number of carbonyl (C=O) groups excluding carboxylic acids is 2. The lowest BCUT2D eigenvalue weighted by Crippen LogP contribution is -2.50. The van der Waals surface area contributed by atoms with Crippen LogP contribution in [-0.2, 0) is 16.1 Å². The molecule has 1 atom stereocenters. The minimum Gasteiger partial charge on any atom is -0.491 e. The Bertz CT molecular complexity index is 614. The fourth-order valence-electron chi connectivity index (χ4n) is 2.37. The first-order chi connectivity index (χ1) is 10.8. The van der Waals surface area contributed by atoms with Gasteiger partial charge in [-0.05, 0) is 32.9 Å². The van der Waals surface area contributed by atoms with Crippen molar-refractivity contribution in [3.63, 3.8) is 0 Å². The number of nitrogens with one attached hydrogen (secondary N) is 1. The maximum atomic E-state index is 12.7. The number of amides is 2. The fourth-order valence-corrected chi connectivity index (χ4v) is 2.37. The van der Waals surface area contributed by atoms with Crippen LogP contribution in [0.25, 0.3) is 0 Å². The van der Waals surface area contributed by atoms with Crippen molar-refractivity contribution in [3.05, 3.63) is 29.3 Å². The third-order valence-corrected chi connectivity index (χ3v) is 4.07. The zero-order valence-electron chi connectivity index (χ0n) is 13.8. The number of hydrogen-bond acceptors (Lipinski definition) is 5. The molecule has 1 aromatic rings. The fraction of sp³-hybridized carbons (Fsp3) is 0.500. The topological polar surface area (TPSA) is 88.1 Å². The van der Waals surface area contributed by atoms with Crippen LogP contribution in [0.4, 0.5) is 0 Å². The first-order valence-electron chi connectivity index (χ1n) is 7.36. The van der Waals surface area contributed by atoms with E-state index >= 15 is 0 Å². The maximum absolute atomic E-state index is 12.7. The van der Waals surface area contributed by atoms with E-state index in [0.29, 0.717) is 18.9 Å². The molecule has 0 unspecified atom stereocenters. The van der Waals surface area contributed by atoms with Crippen molar-refractivity contribution in [1.29, 1.82) is 0 Å². The predicted octanol–water partition coefficient (Wildman–Crippen LogP) is 1.34. The molecular weight excluding hydrogens is 300 g/mol. The largest absolute Gasteiger partial charge is 0.491 e. The second-order valence-corrected chi connectivity index (χ2v) is 6.07. The SMILES string of the molecule is COC(C)(C)C(=O)N1Cc2ccc(C(=O)NO)cc2OC[C@@H]1C. The number of rotatable bonds is 3. The molecule has 2 rings (SSSR count). The van der Waals surface area contributed by atoms with Gasteiger partial charge in [-0.25, -0.2) is 5.48 Å². The van der Waals surface area contributed by atoms with Gasteiger partial charge in [0, 0.05) is 24.8 Å². The summed E-state index contributed by atoms with van der Waals surface area (Å²) in [5, 5.41) is 8.71. The zero-order valence-corrected chi connectivity index (χ0v) is 13.8. The van der Waals surface area contributed by atoms with E-state index in [0.717, 1.165) is 5.56 Å². The molecule has 0 aromatic heterocycles. The van der Waals surface area contributed by atoms with Crippen molar-refractivity contribution in [2.75, 3.05) is 13.7 Å². The van der Waals surface area contributed by atoms with E-state index in [2.05, 4.69) is 0 Å². The average Bonchev–Trinajstić information content (AvgIpc) is 2.72. The van der Waals surface area contributed by atoms with Gasteiger partial charge in [-0.1, -0.05) is 6.07 Å². The van der Waals surface area contributed by atoms with Gasteiger partial charge in [-0.15, -0.1) is 0 Å². The van der Waals surface area contributed by atoms with E-state index in [4.69, 9.17) is 14.7 Å². The molecule has 1 heterocycles. The Labute approximate surface area is 135 Å². The summed E-state index contributed by atoms with van der Waals surface area (Å²) in [5.41, 5.74) is 1.75. The molecule has 0 bridgehead atoms. The summed E-state index contributed by atoms with van der Waals surface area (Å²) < 4.78 is 11.0. The van der Waals surface area contributed by atoms with Gasteiger partial charge >= 0.3 is 0 Å². The molecule has 1 aliphatic rings. The summed E-state index contributed by atoms with van der Waals surface area (Å²) >= 11 is 0. The molecule has 1 aliphatic heterocycles. The Balaban J connectivity index is 2.32. The quantitative estimate of drug-likeness (QED) is 0.648. The van der Waals surface area contributed by atoms with Gasteiger partial charge < -0.3 is 14.4 Å². The Morgan fingerprint density at radius 3 is 2.74 bits per heavy atom. The second kappa shape index (κ2) is 6.55. The van der Waals surface area contributed by atoms with Crippen molar-refractivity contribution in [2.24, 2.45) is 0 Å². The summed E-state index contributed by atoms with van der Waals surface area (Å²) in [5.74, 6) is -0.202. The van der Waals surface area contributed by atoms with Gasteiger partial charge in [0.1, 0.15) is 18.0 Å². The highest BCUT2D eigenvalue weighted by Crippen LogP contribution is 2.28. The van der Waals surface area contributed by atoms with Crippen LogP contribution in [0.3, 0.4) is 0 Å². The molecule has 0 radical (unpaired) electrons. The number of fused-ring (bicyclic) bond motifs is 1. The van der Waals surface area contributed by atoms with Crippen molar-refractivity contribution in [3.8, 4) is 5.75 Å². The number of ether oxygens (including phenoxy) is 2. The molecule has 0 saturated heterocycles. The summed E-state index contributed by atoms with van der Waals surface area (Å²) in [6.07, 6.45) is 0. The van der Waals surface area contributed by atoms with Crippen LogP contribution < -0.4 is 10.2 Å². The molecule has 23 heavy (non-hydrogen) atoms. The van der Waals surface area contributed by atoms with Gasteiger partial charge in [-0.2, -0.15) is 0 Å². The highest BCUT2D eigenvalue weighted by Gasteiger charge is 2.36. The number of carbonyl (C=O) groups is 2. The smallest absolute Gasteiger partial charge is 0.274 e. The second-order valence-electron chi connectivity index (χ2n) is 6.07. The molecule has 0 fully saturated rings. The van der Waals surface area contributed by atoms with Gasteiger partial charge in [0.2, 0.25) is 0 Å². The third-order valence-electron chi connectivity index (χ3n) is 4.07. The lowest BCUT2D eigenvalue weighted by Gasteiger charge is -2.33. The van der Waals surface area contributed by atoms with Crippen LogP contribution in [0, 0.1) is 0 Å². The number of benzene rings is 1. The Morgan fingerprint density at radius 1 is 1.43 bits per heavy atom. The van der Waals surface area contributed by atoms with E-state index in [9.17, 15) is 9.59 Å². The molecule has 7 nitrogen and oxygen atoms in total. The van der Waals surface area contributed by atoms with Gasteiger partial charge in [0.25, 0.3) is 11.8 Å². The Kier molecular flexibility index (Phi) is 4.91. The minimum absolute atomic E-state index is 0.124. The summed E-state index contributed by atoms with van der Waals surface area (Å²) in [6.45, 7) is 6.02. The molecule has 0 spiro atoms. The first kappa shape index (κ1) is 17.2. The normalized spacial score (nSPS) is 17.8. The van der Waals surface area contributed by atoms with E-state index in [1.165, 1.54) is 7.11 Å². The van der Waals surface area contributed by atoms with Crippen LogP contribution in [-0.4, -0.2) is 47.3 Å². The van der Waals surface area contributed by atoms with Crippen LogP contribution in [0.2, 0.25) is 0 Å². The summed E-state index contributed by atoms with van der Waals surface area (Å²) in [4.78, 5) is 25.9. The molecule has 2 amide bonds. The van der Waals surface area contributed by atoms with E-state index in [1.54, 1.807) is 42.4 Å². The highest BCUT2D eigenvalue weighted by molar-refractivity contribution is 5.94. The highest BCUT2D eigenvalue weighted by atomic mass is 16.5. The molecule has 2 N–H and O–H groups in total. The third kappa shape index (κ3) is 3.46. The summed E-state index contributed by atoms with van der Waals surface area (Å²) in [6, 6.07) is 4.72. The predicted molar refractivity (Wildman–Crippen MR) is 82.3 cm³/mol. The van der Waals surface area contributed by atoms with Crippen LogP contribution in [0.1, 0.15) is 36.7 Å². The number of methoxy groups -OCH3 is 1. The van der Waals surface area contributed by atoms with Crippen LogP contribution in [0.15, 0.2) is 18.2 Å². The van der Waals surface area contributed by atoms with E-state index < -0.39 is 11.5 Å². The molecule has 7 heteroatoms. The monoisotopic (exact) mass is 322 g/mol. The summed E-state index contributed by atoms with van der Waals surface area (Å²) in [7, 11) is 1.50. The lowest BCUT2D eigenvalue weighted by atomic mass is 10.0. The zero-order chi connectivity index (χ0) is 17.2. The molecule has 126 valence electrons. The molecule has 0 aliphatic carbocycles. The molecule has 0 saturated carbocycles. The van der Waals surface area contributed by atoms with Crippen molar-refractivity contribution in [1.82, 2.24) is 10.4 Å². The lowest BCUT2D eigenvalue weighted by molar-refractivity contribution is -0.154. The Morgan fingerprint density at radius 2 is 2.13 bits per heavy atom. The number of hydrogen-bond donors (Lipinski definition) is 2.